The fourth-order valence-electron chi connectivity index (χ4n) is 3.13. The van der Waals surface area contributed by atoms with E-state index in [0.29, 0.717) is 22.5 Å². The van der Waals surface area contributed by atoms with Crippen LogP contribution < -0.4 is 15.4 Å². The minimum absolute atomic E-state index is 0.0464. The number of benzene rings is 2. The van der Waals surface area contributed by atoms with Gasteiger partial charge in [0, 0.05) is 18.2 Å². The van der Waals surface area contributed by atoms with E-state index < -0.39 is 27.0 Å². The van der Waals surface area contributed by atoms with Gasteiger partial charge in [0.05, 0.1) is 28.5 Å². The average Bonchev–Trinajstić information content (AvgIpc) is 2.72. The van der Waals surface area contributed by atoms with Gasteiger partial charge in [0.25, 0.3) is 5.91 Å². The van der Waals surface area contributed by atoms with Crippen molar-refractivity contribution in [3.05, 3.63) is 47.5 Å². The third-order valence-electron chi connectivity index (χ3n) is 4.81. The van der Waals surface area contributed by atoms with Gasteiger partial charge in [0.2, 0.25) is 5.91 Å². The number of sulfone groups is 1. The molecule has 10 heteroatoms. The highest BCUT2D eigenvalue weighted by atomic mass is 32.2. The van der Waals surface area contributed by atoms with Crippen LogP contribution in [0.25, 0.3) is 0 Å². The van der Waals surface area contributed by atoms with E-state index in [0.717, 1.165) is 0 Å². The summed E-state index contributed by atoms with van der Waals surface area (Å²) in [6.45, 7) is 2.88. The third-order valence-corrected chi connectivity index (χ3v) is 7.09. The molecule has 0 bridgehead atoms. The monoisotopic (exact) mass is 446 g/mol. The first-order chi connectivity index (χ1) is 14.6. The van der Waals surface area contributed by atoms with E-state index in [4.69, 9.17) is 4.74 Å². The van der Waals surface area contributed by atoms with Gasteiger partial charge in [-0.3, -0.25) is 9.59 Å². The average molecular weight is 446 g/mol. The number of esters is 1. The highest BCUT2D eigenvalue weighted by Crippen LogP contribution is 2.34. The molecule has 0 fully saturated rings. The number of methoxy groups -OCH3 is 1. The second-order valence-corrected chi connectivity index (χ2v) is 9.46. The molecule has 1 atom stereocenters. The van der Waals surface area contributed by atoms with Gasteiger partial charge in [-0.25, -0.2) is 13.2 Å². The molecule has 31 heavy (non-hydrogen) atoms. The molecule has 1 unspecified atom stereocenters. The molecule has 2 aromatic rings. The molecular formula is C21H22N2O7S. The van der Waals surface area contributed by atoms with E-state index in [1.54, 1.807) is 6.92 Å². The van der Waals surface area contributed by atoms with Crippen LogP contribution >= 0.6 is 0 Å². The van der Waals surface area contributed by atoms with E-state index in [9.17, 15) is 22.8 Å². The highest BCUT2D eigenvalue weighted by molar-refractivity contribution is 7.92. The molecule has 1 heterocycles. The van der Waals surface area contributed by atoms with Crippen molar-refractivity contribution in [2.24, 2.45) is 0 Å². The van der Waals surface area contributed by atoms with E-state index in [-0.39, 0.29) is 29.6 Å². The van der Waals surface area contributed by atoms with Crippen LogP contribution in [0.5, 0.6) is 5.75 Å². The molecule has 2 amide bonds. The van der Waals surface area contributed by atoms with E-state index in [2.05, 4.69) is 15.4 Å². The maximum Gasteiger partial charge on any atom is 0.337 e. The van der Waals surface area contributed by atoms with E-state index in [1.807, 2.05) is 0 Å². The molecule has 0 saturated heterocycles. The smallest absolute Gasteiger partial charge is 0.337 e. The normalized spacial score (nSPS) is 14.0. The molecule has 2 aromatic carbocycles. The highest BCUT2D eigenvalue weighted by Gasteiger charge is 2.29. The van der Waals surface area contributed by atoms with Crippen molar-refractivity contribution in [3.8, 4) is 5.75 Å². The number of amides is 2. The molecule has 0 saturated carbocycles. The zero-order chi connectivity index (χ0) is 22.8. The first kappa shape index (κ1) is 22.3. The largest absolute Gasteiger partial charge is 0.482 e. The van der Waals surface area contributed by atoms with E-state index in [1.165, 1.54) is 50.4 Å². The van der Waals surface area contributed by atoms with E-state index >= 15 is 0 Å². The summed E-state index contributed by atoms with van der Waals surface area (Å²) in [6.07, 6.45) is -0.269. The zero-order valence-electron chi connectivity index (χ0n) is 17.2. The summed E-state index contributed by atoms with van der Waals surface area (Å²) < 4.78 is 36.1. The fourth-order valence-corrected chi connectivity index (χ4v) is 4.71. The van der Waals surface area contributed by atoms with Crippen molar-refractivity contribution < 1.29 is 32.3 Å². The maximum atomic E-state index is 13.1. The maximum absolute atomic E-state index is 13.1. The molecule has 0 aromatic heterocycles. The van der Waals surface area contributed by atoms with Gasteiger partial charge in [-0.05, 0) is 49.7 Å². The lowest BCUT2D eigenvalue weighted by molar-refractivity contribution is -0.118. The van der Waals surface area contributed by atoms with Crippen LogP contribution in [0, 0.1) is 6.92 Å². The minimum atomic E-state index is -3.84. The lowest BCUT2D eigenvalue weighted by Gasteiger charge is -2.21. The van der Waals surface area contributed by atoms with Crippen LogP contribution in [-0.4, -0.2) is 45.2 Å². The van der Waals surface area contributed by atoms with Crippen molar-refractivity contribution in [2.45, 2.75) is 30.4 Å². The summed E-state index contributed by atoms with van der Waals surface area (Å²) in [6, 6.07) is 8.97. The SMILES string of the molecule is COC(=O)c1ccc(NC(=O)CC(C)S(=O)(=O)c2cc3c(cc2C)NC(=O)CO3)cc1. The summed E-state index contributed by atoms with van der Waals surface area (Å²) in [5, 5.41) is 4.25. The number of rotatable bonds is 6. The van der Waals surface area contributed by atoms with Crippen molar-refractivity contribution in [1.82, 2.24) is 0 Å². The van der Waals surface area contributed by atoms with Crippen molar-refractivity contribution in [2.75, 3.05) is 24.4 Å². The molecule has 9 nitrogen and oxygen atoms in total. The summed E-state index contributed by atoms with van der Waals surface area (Å²) >= 11 is 0. The number of carbonyl (C=O) groups excluding carboxylic acids is 3. The van der Waals surface area contributed by atoms with Gasteiger partial charge in [0.15, 0.2) is 16.4 Å². The Kier molecular flexibility index (Phi) is 6.30. The molecule has 0 radical (unpaired) electrons. The molecule has 3 rings (SSSR count). The van der Waals surface area contributed by atoms with Crippen LogP contribution in [0.15, 0.2) is 41.3 Å². The van der Waals surface area contributed by atoms with Crippen molar-refractivity contribution in [3.63, 3.8) is 0 Å². The van der Waals surface area contributed by atoms with Crippen LogP contribution in [0.3, 0.4) is 0 Å². The number of nitrogens with one attached hydrogen (secondary N) is 2. The van der Waals surface area contributed by atoms with Gasteiger partial charge >= 0.3 is 5.97 Å². The Morgan fingerprint density at radius 3 is 2.55 bits per heavy atom. The number of fused-ring (bicyclic) bond motifs is 1. The quantitative estimate of drug-likeness (QED) is 0.652. The van der Waals surface area contributed by atoms with Gasteiger partial charge in [-0.1, -0.05) is 0 Å². The Hall–Kier alpha value is -3.40. The van der Waals surface area contributed by atoms with Crippen LogP contribution in [0.1, 0.15) is 29.3 Å². The summed E-state index contributed by atoms with van der Waals surface area (Å²) in [5.74, 6) is -1.03. The number of hydrogen-bond acceptors (Lipinski definition) is 7. The summed E-state index contributed by atoms with van der Waals surface area (Å²) in [5.41, 5.74) is 1.61. The Bertz CT molecular complexity index is 1140. The molecule has 164 valence electrons. The van der Waals surface area contributed by atoms with Crippen LogP contribution in [0.4, 0.5) is 11.4 Å². The summed E-state index contributed by atoms with van der Waals surface area (Å²) in [7, 11) is -2.57. The topological polar surface area (TPSA) is 128 Å². The number of anilines is 2. The van der Waals surface area contributed by atoms with Gasteiger partial charge in [-0.2, -0.15) is 0 Å². The Balaban J connectivity index is 1.72. The number of carbonyl (C=O) groups is 3. The van der Waals surface area contributed by atoms with Gasteiger partial charge in [-0.15, -0.1) is 0 Å². The second-order valence-electron chi connectivity index (χ2n) is 7.13. The number of ether oxygens (including phenoxy) is 2. The Labute approximate surface area is 179 Å². The predicted molar refractivity (Wildman–Crippen MR) is 113 cm³/mol. The lowest BCUT2D eigenvalue weighted by atomic mass is 10.2. The van der Waals surface area contributed by atoms with Crippen molar-refractivity contribution >= 4 is 39.0 Å². The minimum Gasteiger partial charge on any atom is -0.482 e. The van der Waals surface area contributed by atoms with Gasteiger partial charge in [0.1, 0.15) is 5.75 Å². The first-order valence-electron chi connectivity index (χ1n) is 9.41. The van der Waals surface area contributed by atoms with Crippen LogP contribution in [-0.2, 0) is 24.2 Å². The standard InChI is InChI=1S/C21H22N2O7S/c1-12-8-16-17(30-11-20(25)23-16)10-18(12)31(27,28)13(2)9-19(24)22-15-6-4-14(5-7-15)21(26)29-3/h4-8,10,13H,9,11H2,1-3H3,(H,22,24)(H,23,25). The molecule has 1 aliphatic heterocycles. The molecule has 2 N–H and O–H groups in total. The molecule has 1 aliphatic rings. The van der Waals surface area contributed by atoms with Crippen molar-refractivity contribution in [1.29, 1.82) is 0 Å². The number of hydrogen-bond donors (Lipinski definition) is 2. The van der Waals surface area contributed by atoms with Crippen LogP contribution in [0.2, 0.25) is 0 Å². The lowest BCUT2D eigenvalue weighted by Crippen LogP contribution is -2.27. The summed E-state index contributed by atoms with van der Waals surface area (Å²) in [4.78, 5) is 35.3. The Morgan fingerprint density at radius 1 is 1.23 bits per heavy atom. The molecule has 0 spiro atoms. The zero-order valence-corrected chi connectivity index (χ0v) is 18.0. The first-order valence-corrected chi connectivity index (χ1v) is 11.0. The predicted octanol–water partition coefficient (Wildman–Crippen LogP) is 2.30. The fraction of sp³-hybridized carbons (Fsp3) is 0.286. The molecular weight excluding hydrogens is 424 g/mol. The second kappa shape index (κ2) is 8.76. The Morgan fingerprint density at radius 2 is 1.90 bits per heavy atom. The number of aryl methyl sites for hydroxylation is 1. The third kappa shape index (κ3) is 4.85. The van der Waals surface area contributed by atoms with Gasteiger partial charge < -0.3 is 20.1 Å². The molecule has 0 aliphatic carbocycles.